The van der Waals surface area contributed by atoms with Crippen molar-refractivity contribution in [2.75, 3.05) is 20.6 Å². The van der Waals surface area contributed by atoms with Gasteiger partial charge in [-0.3, -0.25) is 4.79 Å². The van der Waals surface area contributed by atoms with E-state index >= 15 is 0 Å². The van der Waals surface area contributed by atoms with Gasteiger partial charge >= 0.3 is 6.18 Å². The molecular weight excluding hydrogens is 305 g/mol. The predicted octanol–water partition coefficient (Wildman–Crippen LogP) is 2.94. The maximum absolute atomic E-state index is 12.6. The van der Waals surface area contributed by atoms with Crippen molar-refractivity contribution in [3.63, 3.8) is 0 Å². The summed E-state index contributed by atoms with van der Waals surface area (Å²) in [6.07, 6.45) is -4.36. The summed E-state index contributed by atoms with van der Waals surface area (Å²) in [5.74, 6) is -0.312. The SMILES string of the molecule is CNCC(C)C(=O)N(C)Cc1cccc(C(F)(F)F)c1.Cl. The highest BCUT2D eigenvalue weighted by Gasteiger charge is 2.30. The average Bonchev–Trinajstić information content (AvgIpc) is 2.37. The minimum atomic E-state index is -4.36. The molecule has 1 aromatic rings. The third-order valence-corrected chi connectivity index (χ3v) is 2.98. The van der Waals surface area contributed by atoms with E-state index in [0.717, 1.165) is 12.1 Å². The molecule has 0 radical (unpaired) electrons. The Balaban J connectivity index is 0.00000400. The van der Waals surface area contributed by atoms with Crippen molar-refractivity contribution < 1.29 is 18.0 Å². The molecule has 1 rings (SSSR count). The molecule has 0 bridgehead atoms. The second kappa shape index (κ2) is 8.24. The van der Waals surface area contributed by atoms with Crippen molar-refractivity contribution >= 4 is 18.3 Å². The zero-order valence-corrected chi connectivity index (χ0v) is 13.0. The van der Waals surface area contributed by atoms with Crippen LogP contribution >= 0.6 is 12.4 Å². The van der Waals surface area contributed by atoms with Crippen LogP contribution in [-0.2, 0) is 17.5 Å². The number of rotatable bonds is 5. The summed E-state index contributed by atoms with van der Waals surface area (Å²) in [4.78, 5) is 13.4. The van der Waals surface area contributed by atoms with Crippen LogP contribution in [0.4, 0.5) is 13.2 Å². The number of carbonyl (C=O) groups excluding carboxylic acids is 1. The average molecular weight is 325 g/mol. The molecule has 1 aromatic carbocycles. The fourth-order valence-corrected chi connectivity index (χ4v) is 1.97. The predicted molar refractivity (Wildman–Crippen MR) is 78.3 cm³/mol. The van der Waals surface area contributed by atoms with Gasteiger partial charge in [-0.15, -0.1) is 12.4 Å². The lowest BCUT2D eigenvalue weighted by Gasteiger charge is -2.21. The third-order valence-electron chi connectivity index (χ3n) is 2.98. The van der Waals surface area contributed by atoms with E-state index in [9.17, 15) is 18.0 Å². The number of nitrogens with zero attached hydrogens (tertiary/aromatic N) is 1. The molecule has 0 fully saturated rings. The van der Waals surface area contributed by atoms with Crippen molar-refractivity contribution in [1.29, 1.82) is 0 Å². The third kappa shape index (κ3) is 5.93. The maximum Gasteiger partial charge on any atom is 0.416 e. The van der Waals surface area contributed by atoms with Gasteiger partial charge in [0.2, 0.25) is 5.91 Å². The minimum absolute atomic E-state index is 0. The summed E-state index contributed by atoms with van der Waals surface area (Å²) in [6.45, 7) is 2.48. The van der Waals surface area contributed by atoms with E-state index in [1.807, 2.05) is 0 Å². The van der Waals surface area contributed by atoms with E-state index in [-0.39, 0.29) is 30.8 Å². The van der Waals surface area contributed by atoms with Crippen LogP contribution < -0.4 is 5.32 Å². The van der Waals surface area contributed by atoms with Gasteiger partial charge in [0.25, 0.3) is 0 Å². The fraction of sp³-hybridized carbons (Fsp3) is 0.500. The zero-order chi connectivity index (χ0) is 15.3. The Labute approximate surface area is 128 Å². The molecule has 0 heterocycles. The summed E-state index contributed by atoms with van der Waals surface area (Å²) in [7, 11) is 3.34. The molecular formula is C14H20ClF3N2O. The lowest BCUT2D eigenvalue weighted by atomic mass is 10.1. The minimum Gasteiger partial charge on any atom is -0.341 e. The Bertz CT molecular complexity index is 466. The number of benzene rings is 1. The van der Waals surface area contributed by atoms with E-state index in [2.05, 4.69) is 5.32 Å². The second-order valence-electron chi connectivity index (χ2n) is 4.85. The molecule has 7 heteroatoms. The molecule has 0 aliphatic rings. The van der Waals surface area contributed by atoms with Crippen molar-refractivity contribution in [3.8, 4) is 0 Å². The first-order chi connectivity index (χ1) is 9.25. The monoisotopic (exact) mass is 324 g/mol. The summed E-state index contributed by atoms with van der Waals surface area (Å²) >= 11 is 0. The van der Waals surface area contributed by atoms with Gasteiger partial charge in [-0.1, -0.05) is 19.1 Å². The van der Waals surface area contributed by atoms with Gasteiger partial charge < -0.3 is 10.2 Å². The highest BCUT2D eigenvalue weighted by atomic mass is 35.5. The van der Waals surface area contributed by atoms with Crippen molar-refractivity contribution in [1.82, 2.24) is 10.2 Å². The smallest absolute Gasteiger partial charge is 0.341 e. The van der Waals surface area contributed by atoms with E-state index in [1.165, 1.54) is 11.0 Å². The van der Waals surface area contributed by atoms with E-state index < -0.39 is 11.7 Å². The van der Waals surface area contributed by atoms with Crippen LogP contribution in [0.25, 0.3) is 0 Å². The molecule has 120 valence electrons. The summed E-state index contributed by atoms with van der Waals surface area (Å²) < 4.78 is 37.8. The lowest BCUT2D eigenvalue weighted by Crippen LogP contribution is -2.35. The number of carbonyl (C=O) groups is 1. The first-order valence-corrected chi connectivity index (χ1v) is 6.31. The molecule has 1 N–H and O–H groups in total. The Morgan fingerprint density at radius 2 is 2.00 bits per heavy atom. The lowest BCUT2D eigenvalue weighted by molar-refractivity contribution is -0.137. The topological polar surface area (TPSA) is 32.3 Å². The standard InChI is InChI=1S/C14H19F3N2O.ClH/c1-10(8-18-2)13(20)19(3)9-11-5-4-6-12(7-11)14(15,16)17;/h4-7,10,18H,8-9H2,1-3H3;1H. The molecule has 0 saturated heterocycles. The Hall–Kier alpha value is -1.27. The molecule has 21 heavy (non-hydrogen) atoms. The first-order valence-electron chi connectivity index (χ1n) is 6.31. The molecule has 1 amide bonds. The van der Waals surface area contributed by atoms with Crippen LogP contribution in [0.2, 0.25) is 0 Å². The van der Waals surface area contributed by atoms with Gasteiger partial charge in [0.15, 0.2) is 0 Å². The van der Waals surface area contributed by atoms with Crippen LogP contribution in [0.15, 0.2) is 24.3 Å². The van der Waals surface area contributed by atoms with Crippen molar-refractivity contribution in [2.45, 2.75) is 19.6 Å². The van der Waals surface area contributed by atoms with Gasteiger partial charge in [-0.2, -0.15) is 13.2 Å². The quantitative estimate of drug-likeness (QED) is 0.903. The van der Waals surface area contributed by atoms with Crippen LogP contribution in [0, 0.1) is 5.92 Å². The van der Waals surface area contributed by atoms with Crippen LogP contribution in [0.5, 0.6) is 0 Å². The molecule has 0 spiro atoms. The second-order valence-corrected chi connectivity index (χ2v) is 4.85. The molecule has 0 saturated carbocycles. The number of hydrogen-bond acceptors (Lipinski definition) is 2. The van der Waals surface area contributed by atoms with Gasteiger partial charge in [-0.05, 0) is 24.7 Å². The number of hydrogen-bond donors (Lipinski definition) is 1. The number of nitrogens with one attached hydrogen (secondary N) is 1. The highest BCUT2D eigenvalue weighted by molar-refractivity contribution is 5.85. The van der Waals surface area contributed by atoms with Crippen LogP contribution in [0.1, 0.15) is 18.1 Å². The van der Waals surface area contributed by atoms with Crippen LogP contribution in [0.3, 0.4) is 0 Å². The normalized spacial score (nSPS) is 12.5. The number of amides is 1. The molecule has 1 unspecified atom stereocenters. The Morgan fingerprint density at radius 3 is 2.52 bits per heavy atom. The summed E-state index contributed by atoms with van der Waals surface area (Å²) in [6, 6.07) is 5.04. The van der Waals surface area contributed by atoms with Gasteiger partial charge in [0.1, 0.15) is 0 Å². The zero-order valence-electron chi connectivity index (χ0n) is 12.2. The maximum atomic E-state index is 12.6. The van der Waals surface area contributed by atoms with Gasteiger partial charge in [0.05, 0.1) is 5.56 Å². The Kier molecular flexibility index (Phi) is 7.74. The Morgan fingerprint density at radius 1 is 1.38 bits per heavy atom. The molecule has 0 aromatic heterocycles. The fourth-order valence-electron chi connectivity index (χ4n) is 1.97. The molecule has 1 atom stereocenters. The van der Waals surface area contributed by atoms with Crippen molar-refractivity contribution in [3.05, 3.63) is 35.4 Å². The van der Waals surface area contributed by atoms with E-state index in [1.54, 1.807) is 27.1 Å². The largest absolute Gasteiger partial charge is 0.416 e. The van der Waals surface area contributed by atoms with E-state index in [0.29, 0.717) is 12.1 Å². The number of alkyl halides is 3. The molecule has 3 nitrogen and oxygen atoms in total. The highest BCUT2D eigenvalue weighted by Crippen LogP contribution is 2.29. The summed E-state index contributed by atoms with van der Waals surface area (Å²) in [5, 5.41) is 2.90. The van der Waals surface area contributed by atoms with Crippen LogP contribution in [-0.4, -0.2) is 31.4 Å². The van der Waals surface area contributed by atoms with E-state index in [4.69, 9.17) is 0 Å². The first kappa shape index (κ1) is 19.7. The van der Waals surface area contributed by atoms with Gasteiger partial charge in [0, 0.05) is 26.1 Å². The molecule has 0 aliphatic carbocycles. The summed E-state index contributed by atoms with van der Waals surface area (Å²) in [5.41, 5.74) is -0.230. The number of halogens is 4. The molecule has 0 aliphatic heterocycles. The van der Waals surface area contributed by atoms with Crippen molar-refractivity contribution in [2.24, 2.45) is 5.92 Å². The van der Waals surface area contributed by atoms with Gasteiger partial charge in [-0.25, -0.2) is 0 Å².